The molecule has 0 aliphatic heterocycles. The predicted octanol–water partition coefficient (Wildman–Crippen LogP) is 3.33. The van der Waals surface area contributed by atoms with Gasteiger partial charge in [-0.2, -0.15) is 5.10 Å². The van der Waals surface area contributed by atoms with E-state index in [1.165, 1.54) is 20.3 Å². The summed E-state index contributed by atoms with van der Waals surface area (Å²) in [4.78, 5) is 0. The summed E-state index contributed by atoms with van der Waals surface area (Å²) in [6.07, 6.45) is 1.76. The van der Waals surface area contributed by atoms with E-state index in [9.17, 15) is 4.39 Å². The van der Waals surface area contributed by atoms with Crippen LogP contribution in [0.2, 0.25) is 0 Å². The molecule has 114 valence electrons. The van der Waals surface area contributed by atoms with Crippen molar-refractivity contribution in [3.8, 4) is 11.5 Å². The molecule has 0 saturated heterocycles. The molecule has 0 amide bonds. The summed E-state index contributed by atoms with van der Waals surface area (Å²) >= 11 is 0. The maximum Gasteiger partial charge on any atom is 0.163 e. The number of halogens is 1. The summed E-state index contributed by atoms with van der Waals surface area (Å²) in [6.45, 7) is 0.464. The van der Waals surface area contributed by atoms with Crippen LogP contribution in [-0.4, -0.2) is 24.4 Å². The predicted molar refractivity (Wildman–Crippen MR) is 82.9 cm³/mol. The Morgan fingerprint density at radius 2 is 1.95 bits per heavy atom. The summed E-state index contributed by atoms with van der Waals surface area (Å²) in [5.41, 5.74) is 2.30. The van der Waals surface area contributed by atoms with Crippen LogP contribution >= 0.6 is 0 Å². The molecule has 2 N–H and O–H groups in total. The summed E-state index contributed by atoms with van der Waals surface area (Å²) in [5, 5.41) is 11.1. The second kappa shape index (κ2) is 5.93. The van der Waals surface area contributed by atoms with E-state index in [-0.39, 0.29) is 0 Å². The highest BCUT2D eigenvalue weighted by atomic mass is 19.1. The highest BCUT2D eigenvalue weighted by Gasteiger charge is 2.11. The third-order valence-electron chi connectivity index (χ3n) is 3.51. The average Bonchev–Trinajstić information content (AvgIpc) is 3.02. The molecule has 0 atom stereocenters. The molecule has 0 saturated carbocycles. The molecule has 22 heavy (non-hydrogen) atoms. The number of fused-ring (bicyclic) bond motifs is 1. The SMILES string of the molecule is COc1cc(F)c(NCc2cccc3cn[nH]c23)cc1OC. The number of aromatic nitrogens is 2. The van der Waals surface area contributed by atoms with Crippen molar-refractivity contribution in [3.05, 3.63) is 47.9 Å². The van der Waals surface area contributed by atoms with Gasteiger partial charge in [-0.25, -0.2) is 4.39 Å². The molecule has 5 nitrogen and oxygen atoms in total. The number of hydrogen-bond acceptors (Lipinski definition) is 4. The van der Waals surface area contributed by atoms with Gasteiger partial charge in [0.05, 0.1) is 31.6 Å². The summed E-state index contributed by atoms with van der Waals surface area (Å²) in [6, 6.07) is 8.77. The molecule has 3 rings (SSSR count). The Bertz CT molecular complexity index is 801. The second-order valence-corrected chi connectivity index (χ2v) is 4.79. The number of nitrogens with one attached hydrogen (secondary N) is 2. The first-order valence-electron chi connectivity index (χ1n) is 6.79. The molecule has 0 fully saturated rings. The fraction of sp³-hybridized carbons (Fsp3) is 0.188. The van der Waals surface area contributed by atoms with E-state index < -0.39 is 5.82 Å². The molecule has 1 heterocycles. The van der Waals surface area contributed by atoms with Gasteiger partial charge in [-0.15, -0.1) is 0 Å². The van der Waals surface area contributed by atoms with Gasteiger partial charge in [0.2, 0.25) is 0 Å². The standard InChI is InChI=1S/C16H16FN3O2/c1-21-14-6-12(17)13(7-15(14)22-2)18-8-10-4-3-5-11-9-19-20-16(10)11/h3-7,9,18H,8H2,1-2H3,(H,19,20). The molecule has 0 bridgehead atoms. The van der Waals surface area contributed by atoms with Crippen LogP contribution in [0.4, 0.5) is 10.1 Å². The number of anilines is 1. The van der Waals surface area contributed by atoms with Crippen LogP contribution in [-0.2, 0) is 6.54 Å². The average molecular weight is 301 g/mol. The maximum absolute atomic E-state index is 14.1. The zero-order valence-electron chi connectivity index (χ0n) is 12.3. The lowest BCUT2D eigenvalue weighted by Gasteiger charge is -2.13. The lowest BCUT2D eigenvalue weighted by Crippen LogP contribution is -2.03. The third-order valence-corrected chi connectivity index (χ3v) is 3.51. The first kappa shape index (κ1) is 14.2. The number of methoxy groups -OCH3 is 2. The van der Waals surface area contributed by atoms with E-state index in [1.54, 1.807) is 12.3 Å². The zero-order valence-corrected chi connectivity index (χ0v) is 12.3. The van der Waals surface area contributed by atoms with Gasteiger partial charge in [-0.1, -0.05) is 18.2 Å². The third kappa shape index (κ3) is 2.55. The van der Waals surface area contributed by atoms with Crippen molar-refractivity contribution >= 4 is 16.6 Å². The highest BCUT2D eigenvalue weighted by molar-refractivity contribution is 5.81. The Kier molecular flexibility index (Phi) is 3.82. The van der Waals surface area contributed by atoms with Gasteiger partial charge in [0.15, 0.2) is 11.5 Å². The Morgan fingerprint density at radius 3 is 2.73 bits per heavy atom. The Balaban J connectivity index is 1.86. The second-order valence-electron chi connectivity index (χ2n) is 4.79. The van der Waals surface area contributed by atoms with E-state index in [1.807, 2.05) is 18.2 Å². The van der Waals surface area contributed by atoms with Gasteiger partial charge < -0.3 is 14.8 Å². The van der Waals surface area contributed by atoms with E-state index in [0.717, 1.165) is 16.5 Å². The normalized spacial score (nSPS) is 10.7. The fourth-order valence-corrected chi connectivity index (χ4v) is 2.36. The number of hydrogen-bond donors (Lipinski definition) is 2. The van der Waals surface area contributed by atoms with Crippen molar-refractivity contribution < 1.29 is 13.9 Å². The van der Waals surface area contributed by atoms with Crippen LogP contribution in [0.5, 0.6) is 11.5 Å². The van der Waals surface area contributed by atoms with Crippen molar-refractivity contribution in [2.24, 2.45) is 0 Å². The first-order valence-corrected chi connectivity index (χ1v) is 6.79. The minimum absolute atomic E-state index is 0.356. The Hall–Kier alpha value is -2.76. The molecule has 0 aliphatic rings. The maximum atomic E-state index is 14.1. The molecule has 0 unspecified atom stereocenters. The number of para-hydroxylation sites is 1. The summed E-state index contributed by atoms with van der Waals surface area (Å²) < 4.78 is 24.4. The number of aromatic amines is 1. The lowest BCUT2D eigenvalue weighted by molar-refractivity contribution is 0.352. The molecule has 1 aromatic heterocycles. The van der Waals surface area contributed by atoms with Crippen LogP contribution in [0.15, 0.2) is 36.5 Å². The topological polar surface area (TPSA) is 59.2 Å². The van der Waals surface area contributed by atoms with Crippen LogP contribution in [0.25, 0.3) is 10.9 Å². The largest absolute Gasteiger partial charge is 0.493 e. The van der Waals surface area contributed by atoms with Crippen LogP contribution in [0, 0.1) is 5.82 Å². The van der Waals surface area contributed by atoms with Gasteiger partial charge >= 0.3 is 0 Å². The Labute approximate surface area is 127 Å². The van der Waals surface area contributed by atoms with Gasteiger partial charge in [-0.05, 0) is 5.56 Å². The summed E-state index contributed by atoms with van der Waals surface area (Å²) in [7, 11) is 2.99. The molecule has 6 heteroatoms. The van der Waals surface area contributed by atoms with Crippen molar-refractivity contribution in [3.63, 3.8) is 0 Å². The van der Waals surface area contributed by atoms with Gasteiger partial charge in [0.1, 0.15) is 5.82 Å². The molecular weight excluding hydrogens is 285 g/mol. The Morgan fingerprint density at radius 1 is 1.18 bits per heavy atom. The molecule has 0 spiro atoms. The minimum Gasteiger partial charge on any atom is -0.493 e. The van der Waals surface area contributed by atoms with Gasteiger partial charge in [-0.3, -0.25) is 5.10 Å². The highest BCUT2D eigenvalue weighted by Crippen LogP contribution is 2.32. The quantitative estimate of drug-likeness (QED) is 0.759. The summed E-state index contributed by atoms with van der Waals surface area (Å²) in [5.74, 6) is 0.446. The van der Waals surface area contributed by atoms with Gasteiger partial charge in [0.25, 0.3) is 0 Å². The number of benzene rings is 2. The number of rotatable bonds is 5. The van der Waals surface area contributed by atoms with E-state index in [4.69, 9.17) is 9.47 Å². The first-order chi connectivity index (χ1) is 10.7. The van der Waals surface area contributed by atoms with Gasteiger partial charge in [0, 0.05) is 24.1 Å². The van der Waals surface area contributed by atoms with Crippen molar-refractivity contribution in [2.45, 2.75) is 6.54 Å². The van der Waals surface area contributed by atoms with Crippen LogP contribution < -0.4 is 14.8 Å². The molecular formula is C16H16FN3O2. The monoisotopic (exact) mass is 301 g/mol. The fourth-order valence-electron chi connectivity index (χ4n) is 2.36. The number of H-pyrrole nitrogens is 1. The minimum atomic E-state index is -0.394. The van der Waals surface area contributed by atoms with Crippen LogP contribution in [0.3, 0.4) is 0 Å². The van der Waals surface area contributed by atoms with Crippen molar-refractivity contribution in [1.82, 2.24) is 10.2 Å². The van der Waals surface area contributed by atoms with Crippen molar-refractivity contribution in [2.75, 3.05) is 19.5 Å². The number of ether oxygens (including phenoxy) is 2. The van der Waals surface area contributed by atoms with E-state index in [2.05, 4.69) is 15.5 Å². The van der Waals surface area contributed by atoms with E-state index in [0.29, 0.717) is 23.7 Å². The van der Waals surface area contributed by atoms with Crippen molar-refractivity contribution in [1.29, 1.82) is 0 Å². The lowest BCUT2D eigenvalue weighted by atomic mass is 10.1. The molecule has 0 aliphatic carbocycles. The molecule has 3 aromatic rings. The molecule has 0 radical (unpaired) electrons. The molecule has 2 aromatic carbocycles. The zero-order chi connectivity index (χ0) is 15.5. The smallest absolute Gasteiger partial charge is 0.163 e. The van der Waals surface area contributed by atoms with E-state index >= 15 is 0 Å². The number of nitrogens with zero attached hydrogens (tertiary/aromatic N) is 1. The van der Waals surface area contributed by atoms with Crippen LogP contribution in [0.1, 0.15) is 5.56 Å².